The van der Waals surface area contributed by atoms with Gasteiger partial charge in [-0.1, -0.05) is 25.4 Å². The Balaban J connectivity index is 1.94. The van der Waals surface area contributed by atoms with E-state index in [2.05, 4.69) is 41.0 Å². The molecule has 1 atom stereocenters. The van der Waals surface area contributed by atoms with Gasteiger partial charge in [0.25, 0.3) is 0 Å². The van der Waals surface area contributed by atoms with E-state index in [-0.39, 0.29) is 5.92 Å². The first-order valence-corrected chi connectivity index (χ1v) is 7.53. The van der Waals surface area contributed by atoms with Crippen LogP contribution in [-0.2, 0) is 4.74 Å². The van der Waals surface area contributed by atoms with Crippen LogP contribution in [0.3, 0.4) is 0 Å². The Hall–Kier alpha value is -0.910. The fourth-order valence-electron chi connectivity index (χ4n) is 2.24. The summed E-state index contributed by atoms with van der Waals surface area (Å²) in [4.78, 5) is 11.2. The second-order valence-electron chi connectivity index (χ2n) is 5.55. The third-order valence-electron chi connectivity index (χ3n) is 3.26. The lowest BCUT2D eigenvalue weighted by molar-refractivity contribution is 0.0368. The number of nitrogens with one attached hydrogen (secondary N) is 1. The number of halogens is 1. The van der Waals surface area contributed by atoms with Crippen LogP contribution in [0, 0.1) is 0 Å². The average molecular weight is 299 g/mol. The van der Waals surface area contributed by atoms with Crippen molar-refractivity contribution in [3.8, 4) is 0 Å². The smallest absolute Gasteiger partial charge is 0.135 e. The van der Waals surface area contributed by atoms with Crippen molar-refractivity contribution < 1.29 is 4.74 Å². The van der Waals surface area contributed by atoms with Gasteiger partial charge in [-0.05, 0) is 6.92 Å². The zero-order valence-electron chi connectivity index (χ0n) is 12.4. The maximum Gasteiger partial charge on any atom is 0.135 e. The van der Waals surface area contributed by atoms with Crippen LogP contribution < -0.4 is 5.32 Å². The fourth-order valence-corrected chi connectivity index (χ4v) is 2.43. The number of aromatic nitrogens is 2. The van der Waals surface area contributed by atoms with Crippen LogP contribution in [0.15, 0.2) is 6.07 Å². The molecule has 5 nitrogen and oxygen atoms in total. The van der Waals surface area contributed by atoms with Crippen molar-refractivity contribution in [1.29, 1.82) is 0 Å². The molecule has 6 heteroatoms. The molecule has 0 amide bonds. The predicted octanol–water partition coefficient (Wildman–Crippen LogP) is 2.39. The molecule has 1 aliphatic heterocycles. The topological polar surface area (TPSA) is 50.3 Å². The molecular formula is C14H23ClN4O. The summed E-state index contributed by atoms with van der Waals surface area (Å²) in [6.45, 7) is 10.9. The quantitative estimate of drug-likeness (QED) is 0.846. The van der Waals surface area contributed by atoms with Crippen LogP contribution >= 0.6 is 11.6 Å². The van der Waals surface area contributed by atoms with Gasteiger partial charge >= 0.3 is 0 Å². The first-order chi connectivity index (χ1) is 9.54. The Labute approximate surface area is 125 Å². The van der Waals surface area contributed by atoms with Crippen molar-refractivity contribution in [2.75, 3.05) is 38.2 Å². The van der Waals surface area contributed by atoms with Gasteiger partial charge in [0, 0.05) is 37.7 Å². The number of nitrogens with zero attached hydrogens (tertiary/aromatic N) is 3. The molecule has 0 spiro atoms. The number of rotatable bonds is 5. The summed E-state index contributed by atoms with van der Waals surface area (Å²) in [5, 5.41) is 3.90. The van der Waals surface area contributed by atoms with Crippen LogP contribution in [-0.4, -0.2) is 53.8 Å². The van der Waals surface area contributed by atoms with Crippen molar-refractivity contribution in [1.82, 2.24) is 14.9 Å². The molecule has 1 unspecified atom stereocenters. The van der Waals surface area contributed by atoms with Gasteiger partial charge in [0.1, 0.15) is 16.8 Å². The van der Waals surface area contributed by atoms with Gasteiger partial charge in [-0.15, -0.1) is 0 Å². The van der Waals surface area contributed by atoms with Gasteiger partial charge < -0.3 is 10.1 Å². The highest BCUT2D eigenvalue weighted by atomic mass is 35.5. The summed E-state index contributed by atoms with van der Waals surface area (Å²) in [6, 6.07) is 2.09. The SMILES string of the molecule is CC(CN1CCOCC1)Nc1cc(Cl)nc(C(C)C)n1. The minimum absolute atomic E-state index is 0.267. The molecule has 112 valence electrons. The summed E-state index contributed by atoms with van der Waals surface area (Å²) in [6.07, 6.45) is 0. The van der Waals surface area contributed by atoms with E-state index in [9.17, 15) is 0 Å². The Bertz CT molecular complexity index is 435. The number of hydrogen-bond donors (Lipinski definition) is 1. The van der Waals surface area contributed by atoms with Gasteiger partial charge in [-0.3, -0.25) is 4.90 Å². The molecule has 0 aliphatic carbocycles. The van der Waals surface area contributed by atoms with Crippen molar-refractivity contribution in [3.05, 3.63) is 17.0 Å². The molecule has 0 aromatic carbocycles. The van der Waals surface area contributed by atoms with Crippen molar-refractivity contribution in [2.45, 2.75) is 32.7 Å². The lowest BCUT2D eigenvalue weighted by Gasteiger charge is -2.29. The summed E-state index contributed by atoms with van der Waals surface area (Å²) in [5.74, 6) is 1.84. The predicted molar refractivity (Wildman–Crippen MR) is 81.5 cm³/mol. The average Bonchev–Trinajstić information content (AvgIpc) is 2.38. The van der Waals surface area contributed by atoms with E-state index in [4.69, 9.17) is 16.3 Å². The molecule has 1 N–H and O–H groups in total. The number of morpholine rings is 1. The third kappa shape index (κ3) is 4.58. The monoisotopic (exact) mass is 298 g/mol. The zero-order valence-corrected chi connectivity index (χ0v) is 13.2. The molecule has 1 fully saturated rings. The molecule has 1 saturated heterocycles. The van der Waals surface area contributed by atoms with Crippen LogP contribution in [0.2, 0.25) is 5.15 Å². The fraction of sp³-hybridized carbons (Fsp3) is 0.714. The van der Waals surface area contributed by atoms with Crippen molar-refractivity contribution in [3.63, 3.8) is 0 Å². The van der Waals surface area contributed by atoms with E-state index in [1.807, 2.05) is 0 Å². The summed E-state index contributed by atoms with van der Waals surface area (Å²) >= 11 is 6.05. The molecular weight excluding hydrogens is 276 g/mol. The molecule has 1 aromatic heterocycles. The normalized spacial score (nSPS) is 18.2. The van der Waals surface area contributed by atoms with E-state index >= 15 is 0 Å². The Morgan fingerprint density at radius 1 is 1.30 bits per heavy atom. The summed E-state index contributed by atoms with van der Waals surface area (Å²) in [7, 11) is 0. The van der Waals surface area contributed by atoms with E-state index in [1.54, 1.807) is 6.07 Å². The highest BCUT2D eigenvalue weighted by Gasteiger charge is 2.14. The Morgan fingerprint density at radius 2 is 2.00 bits per heavy atom. The molecule has 1 aromatic rings. The van der Waals surface area contributed by atoms with Crippen LogP contribution in [0.1, 0.15) is 32.5 Å². The van der Waals surface area contributed by atoms with Gasteiger partial charge in [-0.2, -0.15) is 0 Å². The van der Waals surface area contributed by atoms with Crippen LogP contribution in [0.5, 0.6) is 0 Å². The molecule has 1 aliphatic rings. The number of anilines is 1. The minimum atomic E-state index is 0.267. The molecule has 2 rings (SSSR count). The van der Waals surface area contributed by atoms with E-state index in [1.165, 1.54) is 0 Å². The van der Waals surface area contributed by atoms with Gasteiger partial charge in [-0.25, -0.2) is 9.97 Å². The van der Waals surface area contributed by atoms with E-state index < -0.39 is 0 Å². The lowest BCUT2D eigenvalue weighted by atomic mass is 10.2. The highest BCUT2D eigenvalue weighted by Crippen LogP contribution is 2.17. The standard InChI is InChI=1S/C14H23ClN4O/c1-10(2)14-17-12(15)8-13(18-14)16-11(3)9-19-4-6-20-7-5-19/h8,10-11H,4-7,9H2,1-3H3,(H,16,17,18). The molecule has 2 heterocycles. The van der Waals surface area contributed by atoms with Crippen molar-refractivity contribution >= 4 is 17.4 Å². The highest BCUT2D eigenvalue weighted by molar-refractivity contribution is 6.29. The van der Waals surface area contributed by atoms with Crippen molar-refractivity contribution in [2.24, 2.45) is 0 Å². The maximum absolute atomic E-state index is 6.05. The van der Waals surface area contributed by atoms with Crippen LogP contribution in [0.25, 0.3) is 0 Å². The maximum atomic E-state index is 6.05. The van der Waals surface area contributed by atoms with Gasteiger partial charge in [0.05, 0.1) is 13.2 Å². The van der Waals surface area contributed by atoms with E-state index in [0.29, 0.717) is 11.2 Å². The molecule has 0 bridgehead atoms. The largest absolute Gasteiger partial charge is 0.379 e. The van der Waals surface area contributed by atoms with Gasteiger partial charge in [0.2, 0.25) is 0 Å². The Kier molecular flexibility index (Phi) is 5.57. The third-order valence-corrected chi connectivity index (χ3v) is 3.45. The second kappa shape index (κ2) is 7.20. The number of ether oxygens (including phenoxy) is 1. The van der Waals surface area contributed by atoms with Gasteiger partial charge in [0.15, 0.2) is 0 Å². The second-order valence-corrected chi connectivity index (χ2v) is 5.93. The molecule has 0 saturated carbocycles. The first-order valence-electron chi connectivity index (χ1n) is 7.15. The first kappa shape index (κ1) is 15.5. The molecule has 20 heavy (non-hydrogen) atoms. The van der Waals surface area contributed by atoms with E-state index in [0.717, 1.165) is 44.5 Å². The minimum Gasteiger partial charge on any atom is -0.379 e. The summed E-state index contributed by atoms with van der Waals surface area (Å²) < 4.78 is 5.36. The van der Waals surface area contributed by atoms with Crippen LogP contribution in [0.4, 0.5) is 5.82 Å². The number of hydrogen-bond acceptors (Lipinski definition) is 5. The zero-order chi connectivity index (χ0) is 14.5. The lowest BCUT2D eigenvalue weighted by Crippen LogP contribution is -2.42. The molecule has 0 radical (unpaired) electrons. The Morgan fingerprint density at radius 3 is 2.65 bits per heavy atom. The summed E-state index contributed by atoms with van der Waals surface area (Å²) in [5.41, 5.74) is 0.